The lowest BCUT2D eigenvalue weighted by Gasteiger charge is -2.34. The lowest BCUT2D eigenvalue weighted by molar-refractivity contribution is 0.241. The second-order valence-corrected chi connectivity index (χ2v) is 5.82. The van der Waals surface area contributed by atoms with E-state index in [0.29, 0.717) is 0 Å². The Labute approximate surface area is 139 Å². The van der Waals surface area contributed by atoms with Gasteiger partial charge in [0, 0.05) is 45.6 Å². The summed E-state index contributed by atoms with van der Waals surface area (Å²) in [5.41, 5.74) is 0. The molecule has 1 aliphatic heterocycles. The van der Waals surface area contributed by atoms with E-state index in [2.05, 4.69) is 35.3 Å². The summed E-state index contributed by atoms with van der Waals surface area (Å²) in [6.07, 6.45) is 5.32. The molecule has 0 radical (unpaired) electrons. The van der Waals surface area contributed by atoms with Gasteiger partial charge in [0.15, 0.2) is 11.6 Å². The summed E-state index contributed by atoms with van der Waals surface area (Å²) in [5.74, 6) is 2.63. The van der Waals surface area contributed by atoms with E-state index >= 15 is 0 Å². The van der Waals surface area contributed by atoms with E-state index in [1.165, 1.54) is 0 Å². The Bertz CT molecular complexity index is 770. The lowest BCUT2D eigenvalue weighted by Crippen LogP contribution is -2.46. The van der Waals surface area contributed by atoms with Gasteiger partial charge in [0.1, 0.15) is 12.2 Å². The second kappa shape index (κ2) is 6.36. The Balaban J connectivity index is 1.36. The number of aromatic nitrogens is 7. The van der Waals surface area contributed by atoms with Crippen LogP contribution in [0.1, 0.15) is 5.82 Å². The molecule has 3 aromatic rings. The number of hydrogen-bond donors (Lipinski definition) is 0. The first kappa shape index (κ1) is 14.8. The maximum atomic E-state index is 4.34. The monoisotopic (exact) mass is 325 g/mol. The minimum absolute atomic E-state index is 0.727. The molecule has 0 unspecified atom stereocenters. The van der Waals surface area contributed by atoms with Crippen molar-refractivity contribution in [2.75, 3.05) is 31.1 Å². The van der Waals surface area contributed by atoms with Crippen LogP contribution in [0.3, 0.4) is 0 Å². The van der Waals surface area contributed by atoms with Gasteiger partial charge >= 0.3 is 0 Å². The molecule has 124 valence electrons. The third-order valence-electron chi connectivity index (χ3n) is 4.24. The second-order valence-electron chi connectivity index (χ2n) is 5.82. The van der Waals surface area contributed by atoms with Crippen LogP contribution < -0.4 is 4.90 Å². The molecule has 4 heterocycles. The predicted molar refractivity (Wildman–Crippen MR) is 87.6 cm³/mol. The molecule has 0 aromatic carbocycles. The molecular weight excluding hydrogens is 306 g/mol. The highest BCUT2D eigenvalue weighted by molar-refractivity contribution is 5.40. The van der Waals surface area contributed by atoms with E-state index in [4.69, 9.17) is 0 Å². The Morgan fingerprint density at radius 1 is 1.00 bits per heavy atom. The van der Waals surface area contributed by atoms with Gasteiger partial charge in [-0.3, -0.25) is 4.90 Å². The van der Waals surface area contributed by atoms with Crippen LogP contribution in [0, 0.1) is 0 Å². The highest BCUT2D eigenvalue weighted by Gasteiger charge is 2.19. The van der Waals surface area contributed by atoms with Gasteiger partial charge in [0.25, 0.3) is 0 Å². The summed E-state index contributed by atoms with van der Waals surface area (Å²) >= 11 is 0. The highest BCUT2D eigenvalue weighted by Crippen LogP contribution is 2.14. The van der Waals surface area contributed by atoms with Gasteiger partial charge in [-0.1, -0.05) is 0 Å². The van der Waals surface area contributed by atoms with E-state index in [1.54, 1.807) is 17.2 Å². The topological polar surface area (TPSA) is 80.8 Å². The van der Waals surface area contributed by atoms with Crippen molar-refractivity contribution in [1.82, 2.24) is 39.6 Å². The van der Waals surface area contributed by atoms with E-state index in [9.17, 15) is 0 Å². The van der Waals surface area contributed by atoms with Crippen LogP contribution in [-0.2, 0) is 13.6 Å². The van der Waals surface area contributed by atoms with Gasteiger partial charge in [0.05, 0.1) is 6.54 Å². The van der Waals surface area contributed by atoms with Crippen molar-refractivity contribution < 1.29 is 0 Å². The number of rotatable bonds is 4. The molecule has 9 heteroatoms. The van der Waals surface area contributed by atoms with Crippen molar-refractivity contribution in [3.05, 3.63) is 42.7 Å². The largest absolute Gasteiger partial charge is 0.353 e. The Morgan fingerprint density at radius 2 is 1.79 bits per heavy atom. The molecule has 1 aliphatic rings. The van der Waals surface area contributed by atoms with Crippen molar-refractivity contribution in [2.45, 2.75) is 6.54 Å². The third kappa shape index (κ3) is 2.98. The Hall–Kier alpha value is -2.81. The quantitative estimate of drug-likeness (QED) is 0.673. The zero-order chi connectivity index (χ0) is 16.4. The minimum atomic E-state index is 0.727. The fraction of sp³-hybridized carbons (Fsp3) is 0.400. The summed E-state index contributed by atoms with van der Waals surface area (Å²) in [6, 6.07) is 5.82. The molecule has 0 bridgehead atoms. The smallest absolute Gasteiger partial charge is 0.175 e. The fourth-order valence-corrected chi connectivity index (χ4v) is 2.80. The standard InChI is InChI=1S/C15H19N9/c1-21-12-16-18-15(21)11-22-7-9-23(10-8-22)13-3-4-14(20-19-13)24-6-2-5-17-24/h2-6,12H,7-11H2,1H3. The van der Waals surface area contributed by atoms with Gasteiger partial charge in [-0.25, -0.2) is 4.68 Å². The van der Waals surface area contributed by atoms with Crippen molar-refractivity contribution in [3.63, 3.8) is 0 Å². The number of anilines is 1. The average Bonchev–Trinajstić information content (AvgIpc) is 3.29. The maximum Gasteiger partial charge on any atom is 0.175 e. The van der Waals surface area contributed by atoms with Crippen LogP contribution in [0.15, 0.2) is 36.9 Å². The summed E-state index contributed by atoms with van der Waals surface area (Å²) < 4.78 is 3.67. The molecule has 0 aliphatic carbocycles. The molecule has 0 atom stereocenters. The van der Waals surface area contributed by atoms with Crippen molar-refractivity contribution in [1.29, 1.82) is 0 Å². The number of piperazine rings is 1. The van der Waals surface area contributed by atoms with E-state index in [0.717, 1.165) is 50.2 Å². The van der Waals surface area contributed by atoms with Crippen molar-refractivity contribution >= 4 is 5.82 Å². The molecule has 0 spiro atoms. The molecule has 4 rings (SSSR count). The summed E-state index contributed by atoms with van der Waals surface area (Å²) in [4.78, 5) is 4.64. The molecule has 0 N–H and O–H groups in total. The Morgan fingerprint density at radius 3 is 2.42 bits per heavy atom. The van der Waals surface area contributed by atoms with Crippen molar-refractivity contribution in [3.8, 4) is 5.82 Å². The molecule has 3 aromatic heterocycles. The van der Waals surface area contributed by atoms with Crippen LogP contribution in [0.2, 0.25) is 0 Å². The fourth-order valence-electron chi connectivity index (χ4n) is 2.80. The van der Waals surface area contributed by atoms with Gasteiger partial charge in [-0.2, -0.15) is 5.10 Å². The van der Waals surface area contributed by atoms with Gasteiger partial charge < -0.3 is 9.47 Å². The molecule has 1 saturated heterocycles. The van der Waals surface area contributed by atoms with Crippen LogP contribution in [-0.4, -0.2) is 65.8 Å². The summed E-state index contributed by atoms with van der Waals surface area (Å²) in [5, 5.41) is 20.8. The zero-order valence-corrected chi connectivity index (χ0v) is 13.5. The molecular formula is C15H19N9. The van der Waals surface area contributed by atoms with E-state index in [-0.39, 0.29) is 0 Å². The molecule has 24 heavy (non-hydrogen) atoms. The maximum absolute atomic E-state index is 4.34. The minimum Gasteiger partial charge on any atom is -0.353 e. The molecule has 9 nitrogen and oxygen atoms in total. The molecule has 0 saturated carbocycles. The van der Waals surface area contributed by atoms with E-state index in [1.807, 2.05) is 36.0 Å². The lowest BCUT2D eigenvalue weighted by atomic mass is 10.3. The predicted octanol–water partition coefficient (Wildman–Crippen LogP) is 0.113. The normalized spacial score (nSPS) is 15.8. The number of nitrogens with zero attached hydrogens (tertiary/aromatic N) is 9. The van der Waals surface area contributed by atoms with Crippen LogP contribution in [0.25, 0.3) is 5.82 Å². The highest BCUT2D eigenvalue weighted by atomic mass is 15.4. The van der Waals surface area contributed by atoms with Gasteiger partial charge in [0.2, 0.25) is 0 Å². The third-order valence-corrected chi connectivity index (χ3v) is 4.24. The Kier molecular flexibility index (Phi) is 3.91. The first-order valence-corrected chi connectivity index (χ1v) is 7.93. The van der Waals surface area contributed by atoms with Crippen LogP contribution >= 0.6 is 0 Å². The molecule has 0 amide bonds. The summed E-state index contributed by atoms with van der Waals surface area (Å²) in [6.45, 7) is 4.61. The first-order chi connectivity index (χ1) is 11.8. The first-order valence-electron chi connectivity index (χ1n) is 7.93. The van der Waals surface area contributed by atoms with Crippen molar-refractivity contribution in [2.24, 2.45) is 7.05 Å². The number of hydrogen-bond acceptors (Lipinski definition) is 7. The molecule has 1 fully saturated rings. The van der Waals surface area contributed by atoms with Gasteiger partial charge in [-0.05, 0) is 18.2 Å². The van der Waals surface area contributed by atoms with E-state index < -0.39 is 0 Å². The van der Waals surface area contributed by atoms with Gasteiger partial charge in [-0.15, -0.1) is 20.4 Å². The zero-order valence-electron chi connectivity index (χ0n) is 13.5. The SMILES string of the molecule is Cn1cnnc1CN1CCN(c2ccc(-n3cccn3)nn2)CC1. The number of aryl methyl sites for hydroxylation is 1. The summed E-state index contributed by atoms with van der Waals surface area (Å²) in [7, 11) is 1.97. The van der Waals surface area contributed by atoms with Crippen LogP contribution in [0.4, 0.5) is 5.82 Å². The average molecular weight is 325 g/mol. The van der Waals surface area contributed by atoms with Crippen LogP contribution in [0.5, 0.6) is 0 Å².